The lowest BCUT2D eigenvalue weighted by atomic mass is 9.83. The van der Waals surface area contributed by atoms with E-state index in [-0.39, 0.29) is 0 Å². The molecule has 0 radical (unpaired) electrons. The summed E-state index contributed by atoms with van der Waals surface area (Å²) in [5.41, 5.74) is 10.6. The van der Waals surface area contributed by atoms with Gasteiger partial charge >= 0.3 is 0 Å². The summed E-state index contributed by atoms with van der Waals surface area (Å²) < 4.78 is 13.1. The van der Waals surface area contributed by atoms with Gasteiger partial charge in [-0.1, -0.05) is 152 Å². The largest absolute Gasteiger partial charge is 0.456 e. The highest BCUT2D eigenvalue weighted by molar-refractivity contribution is 6.28. The molecule has 0 unspecified atom stereocenters. The first-order valence-electron chi connectivity index (χ1n) is 18.5. The normalized spacial score (nSPS) is 12.1. The Hall–Kier alpha value is -7.16. The van der Waals surface area contributed by atoms with E-state index in [9.17, 15) is 0 Å². The quantitative estimate of drug-likeness (QED) is 0.137. The van der Waals surface area contributed by atoms with Crippen molar-refractivity contribution in [1.82, 2.24) is 0 Å². The van der Waals surface area contributed by atoms with Gasteiger partial charge in [-0.3, -0.25) is 0 Å². The molecule has 10 aromatic carbocycles. The van der Waals surface area contributed by atoms with Crippen LogP contribution in [0.5, 0.6) is 0 Å². The van der Waals surface area contributed by atoms with Gasteiger partial charge in [0.05, 0.1) is 0 Å². The van der Waals surface area contributed by atoms with E-state index >= 15 is 0 Å². The number of benzene rings is 10. The van der Waals surface area contributed by atoms with Crippen LogP contribution < -0.4 is 0 Å². The van der Waals surface area contributed by atoms with Gasteiger partial charge in [0.25, 0.3) is 0 Å². The summed E-state index contributed by atoms with van der Waals surface area (Å²) in [5.74, 6) is 0. The lowest BCUT2D eigenvalue weighted by Gasteiger charge is -2.20. The van der Waals surface area contributed by atoms with Crippen LogP contribution >= 0.6 is 0 Å². The molecule has 54 heavy (non-hydrogen) atoms. The topological polar surface area (TPSA) is 26.3 Å². The fourth-order valence-corrected chi connectivity index (χ4v) is 9.12. The Labute approximate surface area is 310 Å². The van der Waals surface area contributed by atoms with E-state index in [1.54, 1.807) is 0 Å². The first kappa shape index (κ1) is 29.4. The molecule has 0 aliphatic heterocycles. The van der Waals surface area contributed by atoms with Gasteiger partial charge in [0, 0.05) is 27.1 Å². The fourth-order valence-electron chi connectivity index (χ4n) is 9.12. The summed E-state index contributed by atoms with van der Waals surface area (Å²) >= 11 is 0. The Kier molecular flexibility index (Phi) is 6.09. The van der Waals surface area contributed by atoms with Gasteiger partial charge in [0.1, 0.15) is 22.3 Å². The summed E-state index contributed by atoms with van der Waals surface area (Å²) in [6.07, 6.45) is 0. The second kappa shape index (κ2) is 11.2. The SMILES string of the molecule is c1ccc2c(c1)ccc1c(-c3c4ccccc4c(-c4ccc(-c5ccc6oc7ccccc7c6c5)c5oc6ccccc6c45)c4ccccc34)cccc12. The van der Waals surface area contributed by atoms with Crippen molar-refractivity contribution in [3.05, 3.63) is 182 Å². The van der Waals surface area contributed by atoms with Gasteiger partial charge in [-0.15, -0.1) is 0 Å². The van der Waals surface area contributed by atoms with Crippen LogP contribution in [-0.4, -0.2) is 0 Å². The Balaban J connectivity index is 1.17. The Morgan fingerprint density at radius 2 is 0.833 bits per heavy atom. The van der Waals surface area contributed by atoms with Crippen molar-refractivity contribution in [3.63, 3.8) is 0 Å². The number of hydrogen-bond donors (Lipinski definition) is 0. The van der Waals surface area contributed by atoms with Gasteiger partial charge in [-0.2, -0.15) is 0 Å². The first-order chi connectivity index (χ1) is 26.8. The fraction of sp³-hybridized carbons (Fsp3) is 0. The van der Waals surface area contributed by atoms with Crippen LogP contribution in [-0.2, 0) is 0 Å². The molecule has 0 amide bonds. The number of hydrogen-bond acceptors (Lipinski definition) is 2. The van der Waals surface area contributed by atoms with Crippen LogP contribution in [0.25, 0.3) is 120 Å². The monoisotopic (exact) mass is 686 g/mol. The zero-order valence-corrected chi connectivity index (χ0v) is 29.1. The Morgan fingerprint density at radius 1 is 0.278 bits per heavy atom. The number of rotatable bonds is 3. The van der Waals surface area contributed by atoms with Crippen molar-refractivity contribution >= 4 is 87.0 Å². The van der Waals surface area contributed by atoms with Crippen LogP contribution in [0.2, 0.25) is 0 Å². The molecule has 2 heteroatoms. The molecule has 0 aliphatic carbocycles. The predicted octanol–water partition coefficient (Wildman–Crippen LogP) is 15.1. The maximum atomic E-state index is 6.86. The van der Waals surface area contributed by atoms with Gasteiger partial charge < -0.3 is 8.83 Å². The Morgan fingerprint density at radius 3 is 1.57 bits per heavy atom. The van der Waals surface area contributed by atoms with Gasteiger partial charge in [0.2, 0.25) is 0 Å². The van der Waals surface area contributed by atoms with Crippen LogP contribution in [0.15, 0.2) is 191 Å². The molecule has 2 aromatic heterocycles. The number of fused-ring (bicyclic) bond motifs is 11. The highest BCUT2D eigenvalue weighted by Gasteiger charge is 2.23. The molecule has 250 valence electrons. The second-order valence-electron chi connectivity index (χ2n) is 14.3. The summed E-state index contributed by atoms with van der Waals surface area (Å²) in [6.45, 7) is 0. The third-order valence-corrected chi connectivity index (χ3v) is 11.5. The average molecular weight is 687 g/mol. The maximum Gasteiger partial charge on any atom is 0.143 e. The van der Waals surface area contributed by atoms with Crippen molar-refractivity contribution in [2.24, 2.45) is 0 Å². The zero-order chi connectivity index (χ0) is 35.3. The highest BCUT2D eigenvalue weighted by atomic mass is 16.3. The minimum Gasteiger partial charge on any atom is -0.456 e. The molecule has 0 N–H and O–H groups in total. The molecule has 0 aliphatic rings. The molecule has 2 heterocycles. The molecule has 0 spiro atoms. The highest BCUT2D eigenvalue weighted by Crippen LogP contribution is 2.50. The lowest BCUT2D eigenvalue weighted by Crippen LogP contribution is -1.92. The van der Waals surface area contributed by atoms with Crippen LogP contribution in [0.3, 0.4) is 0 Å². The van der Waals surface area contributed by atoms with E-state index in [4.69, 9.17) is 8.83 Å². The van der Waals surface area contributed by atoms with E-state index in [0.29, 0.717) is 0 Å². The van der Waals surface area contributed by atoms with Crippen LogP contribution in [0.1, 0.15) is 0 Å². The predicted molar refractivity (Wildman–Crippen MR) is 227 cm³/mol. The number of para-hydroxylation sites is 2. The molecular formula is C52H30O2. The average Bonchev–Trinajstić information content (AvgIpc) is 3.81. The molecule has 0 bridgehead atoms. The molecule has 0 saturated heterocycles. The second-order valence-corrected chi connectivity index (χ2v) is 14.3. The van der Waals surface area contributed by atoms with Crippen LogP contribution in [0.4, 0.5) is 0 Å². The summed E-state index contributed by atoms with van der Waals surface area (Å²) in [7, 11) is 0. The van der Waals surface area contributed by atoms with Crippen molar-refractivity contribution in [3.8, 4) is 33.4 Å². The van der Waals surface area contributed by atoms with Crippen molar-refractivity contribution in [1.29, 1.82) is 0 Å². The van der Waals surface area contributed by atoms with Crippen molar-refractivity contribution in [2.75, 3.05) is 0 Å². The van der Waals surface area contributed by atoms with E-state index in [1.165, 1.54) is 59.8 Å². The first-order valence-corrected chi connectivity index (χ1v) is 18.5. The molecule has 0 fully saturated rings. The van der Waals surface area contributed by atoms with Crippen molar-refractivity contribution < 1.29 is 8.83 Å². The van der Waals surface area contributed by atoms with E-state index in [1.807, 2.05) is 12.1 Å². The lowest BCUT2D eigenvalue weighted by molar-refractivity contribution is 0.668. The van der Waals surface area contributed by atoms with E-state index in [0.717, 1.165) is 60.6 Å². The van der Waals surface area contributed by atoms with Gasteiger partial charge in [-0.25, -0.2) is 0 Å². The summed E-state index contributed by atoms with van der Waals surface area (Å²) in [4.78, 5) is 0. The Bertz CT molecular complexity index is 3450. The third kappa shape index (κ3) is 4.11. The van der Waals surface area contributed by atoms with Crippen molar-refractivity contribution in [2.45, 2.75) is 0 Å². The minimum atomic E-state index is 0.879. The molecule has 12 aromatic rings. The minimum absolute atomic E-state index is 0.879. The van der Waals surface area contributed by atoms with Gasteiger partial charge in [0.15, 0.2) is 0 Å². The zero-order valence-electron chi connectivity index (χ0n) is 29.1. The van der Waals surface area contributed by atoms with Crippen LogP contribution in [0, 0.1) is 0 Å². The van der Waals surface area contributed by atoms with Gasteiger partial charge in [-0.05, 0) is 101 Å². The number of furan rings is 2. The smallest absolute Gasteiger partial charge is 0.143 e. The summed E-state index contributed by atoms with van der Waals surface area (Å²) in [6, 6.07) is 65.6. The molecule has 0 saturated carbocycles. The standard InChI is InChI=1S/C52H30O2/c1-2-13-33-31(12-1)24-26-36-35(33)20-11-21-38(36)49-39-15-3-5-17-41(39)50(42-18-6-4-16-40(42)49)44-28-27-34(52-51(44)43-19-8-10-23-47(43)54-52)32-25-29-48-45(30-32)37-14-7-9-22-46(37)53-48/h1-30H. The van der Waals surface area contributed by atoms with E-state index < -0.39 is 0 Å². The molecule has 2 nitrogen and oxygen atoms in total. The molecular weight excluding hydrogens is 657 g/mol. The van der Waals surface area contributed by atoms with E-state index in [2.05, 4.69) is 170 Å². The summed E-state index contributed by atoms with van der Waals surface area (Å²) in [5, 5.41) is 14.4. The molecule has 0 atom stereocenters. The molecule has 12 rings (SSSR count). The third-order valence-electron chi connectivity index (χ3n) is 11.5. The maximum absolute atomic E-state index is 6.86.